The minimum Gasteiger partial charge on any atom is -0.315 e. The average Bonchev–Trinajstić information content (AvgIpc) is 3.01. The van der Waals surface area contributed by atoms with Crippen molar-refractivity contribution in [2.45, 2.75) is 6.92 Å². The summed E-state index contributed by atoms with van der Waals surface area (Å²) < 4.78 is 13.3. The molecule has 2 rings (SSSR count). The zero-order chi connectivity index (χ0) is 15.2. The van der Waals surface area contributed by atoms with Gasteiger partial charge in [-0.2, -0.15) is 5.10 Å². The molecule has 0 saturated carbocycles. The predicted octanol–water partition coefficient (Wildman–Crippen LogP) is 2.37. The van der Waals surface area contributed by atoms with E-state index in [9.17, 15) is 14.0 Å². The van der Waals surface area contributed by atoms with Gasteiger partial charge in [0.05, 0.1) is 11.4 Å². The van der Waals surface area contributed by atoms with Crippen molar-refractivity contribution in [1.82, 2.24) is 5.43 Å². The van der Waals surface area contributed by atoms with Crippen LogP contribution in [0.5, 0.6) is 0 Å². The number of hydrazone groups is 1. The Morgan fingerprint density at radius 3 is 2.57 bits per heavy atom. The van der Waals surface area contributed by atoms with Gasteiger partial charge in [-0.15, -0.1) is 11.3 Å². The molecular formula is C14H12FN3O2S. The first-order chi connectivity index (χ1) is 10.1. The van der Waals surface area contributed by atoms with E-state index in [1.807, 2.05) is 17.5 Å². The summed E-state index contributed by atoms with van der Waals surface area (Å²) in [7, 11) is 0. The maximum atomic E-state index is 13.3. The number of carbonyl (C=O) groups is 2. The van der Waals surface area contributed by atoms with Crippen LogP contribution in [0, 0.1) is 5.82 Å². The number of carbonyl (C=O) groups excluding carboxylic acids is 2. The number of rotatable bonds is 3. The summed E-state index contributed by atoms with van der Waals surface area (Å²) >= 11 is 1.46. The quantitative estimate of drug-likeness (QED) is 0.519. The van der Waals surface area contributed by atoms with E-state index < -0.39 is 17.6 Å². The fraction of sp³-hybridized carbons (Fsp3) is 0.0714. The Hall–Kier alpha value is -2.54. The number of nitrogens with one attached hydrogen (secondary N) is 2. The van der Waals surface area contributed by atoms with E-state index in [1.54, 1.807) is 13.0 Å². The number of hydrogen-bond acceptors (Lipinski definition) is 4. The fourth-order valence-corrected chi connectivity index (χ4v) is 2.14. The lowest BCUT2D eigenvalue weighted by Gasteiger charge is -2.05. The number of anilines is 1. The van der Waals surface area contributed by atoms with Crippen LogP contribution in [-0.4, -0.2) is 17.5 Å². The smallest absolute Gasteiger partial charge is 0.315 e. The van der Waals surface area contributed by atoms with Crippen molar-refractivity contribution < 1.29 is 14.0 Å². The lowest BCUT2D eigenvalue weighted by molar-refractivity contribution is -0.136. The highest BCUT2D eigenvalue weighted by Gasteiger charge is 2.15. The van der Waals surface area contributed by atoms with E-state index in [0.717, 1.165) is 4.88 Å². The van der Waals surface area contributed by atoms with Crippen molar-refractivity contribution in [2.75, 3.05) is 5.32 Å². The van der Waals surface area contributed by atoms with Gasteiger partial charge in [0, 0.05) is 4.88 Å². The number of benzene rings is 1. The number of hydrogen-bond donors (Lipinski definition) is 2. The summed E-state index contributed by atoms with van der Waals surface area (Å²) in [5.74, 6) is -2.56. The van der Waals surface area contributed by atoms with Crippen LogP contribution in [0.1, 0.15) is 11.8 Å². The molecule has 0 fully saturated rings. The summed E-state index contributed by atoms with van der Waals surface area (Å²) in [5, 5.41) is 7.88. The van der Waals surface area contributed by atoms with Gasteiger partial charge in [-0.1, -0.05) is 18.2 Å². The van der Waals surface area contributed by atoms with Gasteiger partial charge in [-0.05, 0) is 30.5 Å². The second kappa shape index (κ2) is 6.76. The molecule has 5 nitrogen and oxygen atoms in total. The molecule has 0 radical (unpaired) electrons. The van der Waals surface area contributed by atoms with E-state index in [0.29, 0.717) is 5.71 Å². The van der Waals surface area contributed by atoms with Crippen molar-refractivity contribution in [2.24, 2.45) is 5.10 Å². The Balaban J connectivity index is 1.96. The van der Waals surface area contributed by atoms with Crippen molar-refractivity contribution >= 4 is 34.6 Å². The molecule has 2 aromatic rings. The molecule has 21 heavy (non-hydrogen) atoms. The molecule has 0 saturated heterocycles. The van der Waals surface area contributed by atoms with Crippen LogP contribution in [-0.2, 0) is 9.59 Å². The molecule has 108 valence electrons. The van der Waals surface area contributed by atoms with Crippen LogP contribution in [0.2, 0.25) is 0 Å². The third-order valence-electron chi connectivity index (χ3n) is 2.53. The van der Waals surface area contributed by atoms with Gasteiger partial charge < -0.3 is 5.32 Å². The van der Waals surface area contributed by atoms with Crippen molar-refractivity contribution in [1.29, 1.82) is 0 Å². The first kappa shape index (κ1) is 14.9. The SMILES string of the molecule is C/C(=N\NC(=O)C(=O)Nc1ccccc1F)c1cccs1. The Bertz CT molecular complexity index is 683. The zero-order valence-corrected chi connectivity index (χ0v) is 11.9. The summed E-state index contributed by atoms with van der Waals surface area (Å²) in [6, 6.07) is 9.28. The van der Waals surface area contributed by atoms with E-state index in [4.69, 9.17) is 0 Å². The van der Waals surface area contributed by atoms with Crippen molar-refractivity contribution in [3.63, 3.8) is 0 Å². The number of nitrogens with zero attached hydrogens (tertiary/aromatic N) is 1. The first-order valence-corrected chi connectivity index (χ1v) is 6.90. The first-order valence-electron chi connectivity index (χ1n) is 6.02. The molecule has 7 heteroatoms. The molecule has 2 N–H and O–H groups in total. The normalized spacial score (nSPS) is 11.0. The molecule has 0 unspecified atom stereocenters. The molecular weight excluding hydrogens is 293 g/mol. The Morgan fingerprint density at radius 1 is 1.14 bits per heavy atom. The molecule has 0 aliphatic carbocycles. The van der Waals surface area contributed by atoms with Crippen LogP contribution in [0.25, 0.3) is 0 Å². The Morgan fingerprint density at radius 2 is 1.90 bits per heavy atom. The van der Waals surface area contributed by atoms with Gasteiger partial charge in [-0.25, -0.2) is 9.82 Å². The largest absolute Gasteiger partial charge is 0.329 e. The number of amides is 2. The molecule has 1 aromatic heterocycles. The van der Waals surface area contributed by atoms with Gasteiger partial charge in [-0.3, -0.25) is 9.59 Å². The highest BCUT2D eigenvalue weighted by Crippen LogP contribution is 2.12. The van der Waals surface area contributed by atoms with Crippen LogP contribution in [0.4, 0.5) is 10.1 Å². The highest BCUT2D eigenvalue weighted by atomic mass is 32.1. The molecule has 0 spiro atoms. The third-order valence-corrected chi connectivity index (χ3v) is 3.51. The monoisotopic (exact) mass is 305 g/mol. The molecule has 1 heterocycles. The number of halogens is 1. The lowest BCUT2D eigenvalue weighted by Crippen LogP contribution is -2.33. The van der Waals surface area contributed by atoms with E-state index >= 15 is 0 Å². The minimum atomic E-state index is -0.983. The van der Waals surface area contributed by atoms with Gasteiger partial charge >= 0.3 is 11.8 Å². The lowest BCUT2D eigenvalue weighted by atomic mass is 10.3. The van der Waals surface area contributed by atoms with Gasteiger partial charge in [0.2, 0.25) is 0 Å². The highest BCUT2D eigenvalue weighted by molar-refractivity contribution is 7.12. The average molecular weight is 305 g/mol. The van der Waals surface area contributed by atoms with Crippen LogP contribution in [0.3, 0.4) is 0 Å². The minimum absolute atomic E-state index is 0.0587. The second-order valence-electron chi connectivity index (χ2n) is 4.05. The molecule has 0 aliphatic heterocycles. The summed E-state index contributed by atoms with van der Waals surface area (Å²) in [6.07, 6.45) is 0. The number of thiophene rings is 1. The van der Waals surface area contributed by atoms with Crippen molar-refractivity contribution in [3.8, 4) is 0 Å². The zero-order valence-electron chi connectivity index (χ0n) is 11.1. The molecule has 1 aromatic carbocycles. The van der Waals surface area contributed by atoms with E-state index in [-0.39, 0.29) is 5.69 Å². The number of para-hydroxylation sites is 1. The van der Waals surface area contributed by atoms with Gasteiger partial charge in [0.1, 0.15) is 5.82 Å². The van der Waals surface area contributed by atoms with Crippen molar-refractivity contribution in [3.05, 3.63) is 52.5 Å². The molecule has 0 atom stereocenters. The predicted molar refractivity (Wildman–Crippen MR) is 79.7 cm³/mol. The summed E-state index contributed by atoms with van der Waals surface area (Å²) in [4.78, 5) is 24.1. The molecule has 0 bridgehead atoms. The third kappa shape index (κ3) is 3.96. The standard InChI is InChI=1S/C14H12FN3O2S/c1-9(12-7-4-8-21-12)17-18-14(20)13(19)16-11-6-3-2-5-10(11)15/h2-8H,1H3,(H,16,19)(H,18,20)/b17-9+. The van der Waals surface area contributed by atoms with Crippen LogP contribution < -0.4 is 10.7 Å². The van der Waals surface area contributed by atoms with Crippen LogP contribution in [0.15, 0.2) is 46.9 Å². The van der Waals surface area contributed by atoms with E-state index in [1.165, 1.54) is 29.5 Å². The molecule has 2 amide bonds. The van der Waals surface area contributed by atoms with Crippen LogP contribution >= 0.6 is 11.3 Å². The maximum Gasteiger partial charge on any atom is 0.329 e. The van der Waals surface area contributed by atoms with Gasteiger partial charge in [0.15, 0.2) is 0 Å². The fourth-order valence-electron chi connectivity index (χ4n) is 1.47. The summed E-state index contributed by atoms with van der Waals surface area (Å²) in [5.41, 5.74) is 2.65. The summed E-state index contributed by atoms with van der Waals surface area (Å²) in [6.45, 7) is 1.71. The second-order valence-corrected chi connectivity index (χ2v) is 5.00. The van der Waals surface area contributed by atoms with Gasteiger partial charge in [0.25, 0.3) is 0 Å². The van der Waals surface area contributed by atoms with E-state index in [2.05, 4.69) is 15.8 Å². The Labute approximate surface area is 124 Å². The topological polar surface area (TPSA) is 70.6 Å². The maximum absolute atomic E-state index is 13.3. The molecule has 0 aliphatic rings. The Kier molecular flexibility index (Phi) is 4.78.